The van der Waals surface area contributed by atoms with E-state index in [1.165, 1.54) is 5.57 Å². The molecule has 1 rings (SSSR count). The average molecular weight is 289 g/mol. The van der Waals surface area contributed by atoms with Crippen molar-refractivity contribution in [3.8, 4) is 5.75 Å². The standard InChI is InChI=1S/C10H12INO/c1-7(6-11)2-8-3-9(12)5-10(13)4-8/h3-6,13H,2,12H2,1H3/b7-6+. The monoisotopic (exact) mass is 289 g/mol. The predicted molar refractivity (Wildman–Crippen MR) is 64.0 cm³/mol. The number of hydrogen-bond donors (Lipinski definition) is 2. The maximum absolute atomic E-state index is 9.28. The SMILES string of the molecule is C/C(=C\I)Cc1cc(N)cc(O)c1. The summed E-state index contributed by atoms with van der Waals surface area (Å²) in [7, 11) is 0. The Hall–Kier alpha value is -0.710. The molecule has 3 heteroatoms. The summed E-state index contributed by atoms with van der Waals surface area (Å²) in [6.45, 7) is 2.05. The molecule has 0 aliphatic carbocycles. The van der Waals surface area contributed by atoms with Gasteiger partial charge in [0.2, 0.25) is 0 Å². The Morgan fingerprint density at radius 2 is 2.23 bits per heavy atom. The van der Waals surface area contributed by atoms with Gasteiger partial charge in [0.15, 0.2) is 0 Å². The van der Waals surface area contributed by atoms with Crippen molar-refractivity contribution in [3.05, 3.63) is 33.4 Å². The van der Waals surface area contributed by atoms with E-state index in [-0.39, 0.29) is 5.75 Å². The second-order valence-corrected chi connectivity index (χ2v) is 3.69. The van der Waals surface area contributed by atoms with Crippen molar-refractivity contribution in [3.63, 3.8) is 0 Å². The molecule has 0 amide bonds. The van der Waals surface area contributed by atoms with E-state index in [9.17, 15) is 5.11 Å². The van der Waals surface area contributed by atoms with Crippen LogP contribution in [0.2, 0.25) is 0 Å². The number of nitrogen functional groups attached to an aromatic ring is 1. The molecule has 0 fully saturated rings. The zero-order chi connectivity index (χ0) is 9.84. The van der Waals surface area contributed by atoms with Gasteiger partial charge in [-0.05, 0) is 35.1 Å². The van der Waals surface area contributed by atoms with Crippen LogP contribution in [0.1, 0.15) is 12.5 Å². The number of hydrogen-bond acceptors (Lipinski definition) is 2. The summed E-state index contributed by atoms with van der Waals surface area (Å²) in [5.74, 6) is 0.233. The molecule has 70 valence electrons. The van der Waals surface area contributed by atoms with E-state index in [4.69, 9.17) is 5.73 Å². The van der Waals surface area contributed by atoms with E-state index in [2.05, 4.69) is 22.6 Å². The fraction of sp³-hybridized carbons (Fsp3) is 0.200. The molecule has 0 aromatic heterocycles. The van der Waals surface area contributed by atoms with Crippen molar-refractivity contribution in [1.29, 1.82) is 0 Å². The van der Waals surface area contributed by atoms with Crippen LogP contribution in [0.3, 0.4) is 0 Å². The zero-order valence-corrected chi connectivity index (χ0v) is 9.58. The van der Waals surface area contributed by atoms with Crippen molar-refractivity contribution in [2.45, 2.75) is 13.3 Å². The first-order valence-electron chi connectivity index (χ1n) is 3.96. The van der Waals surface area contributed by atoms with E-state index in [1.807, 2.05) is 17.1 Å². The first-order chi connectivity index (χ1) is 6.11. The van der Waals surface area contributed by atoms with Crippen molar-refractivity contribution in [2.75, 3.05) is 5.73 Å². The van der Waals surface area contributed by atoms with Gasteiger partial charge in [-0.3, -0.25) is 0 Å². The van der Waals surface area contributed by atoms with Crippen LogP contribution in [-0.4, -0.2) is 5.11 Å². The van der Waals surface area contributed by atoms with E-state index in [0.717, 1.165) is 12.0 Å². The lowest BCUT2D eigenvalue weighted by Gasteiger charge is -2.03. The quantitative estimate of drug-likeness (QED) is 0.649. The Bertz CT molecular complexity index is 313. The molecule has 0 radical (unpaired) electrons. The Labute approximate surface area is 91.6 Å². The first kappa shape index (κ1) is 10.4. The molecule has 1 aromatic rings. The van der Waals surface area contributed by atoms with Gasteiger partial charge in [0.1, 0.15) is 5.75 Å². The van der Waals surface area contributed by atoms with E-state index in [1.54, 1.807) is 12.1 Å². The topological polar surface area (TPSA) is 46.2 Å². The molecule has 0 unspecified atom stereocenters. The number of allylic oxidation sites excluding steroid dienone is 1. The highest BCUT2D eigenvalue weighted by Gasteiger charge is 1.98. The molecule has 0 aliphatic rings. The minimum Gasteiger partial charge on any atom is -0.508 e. The van der Waals surface area contributed by atoms with Crippen LogP contribution < -0.4 is 5.73 Å². The third-order valence-electron chi connectivity index (χ3n) is 1.67. The lowest BCUT2D eigenvalue weighted by molar-refractivity contribution is 0.475. The average Bonchev–Trinajstić information content (AvgIpc) is 2.02. The van der Waals surface area contributed by atoms with Crippen molar-refractivity contribution in [1.82, 2.24) is 0 Å². The van der Waals surface area contributed by atoms with Gasteiger partial charge in [0.05, 0.1) is 0 Å². The van der Waals surface area contributed by atoms with Crippen molar-refractivity contribution >= 4 is 28.3 Å². The maximum Gasteiger partial charge on any atom is 0.117 e. The molecule has 13 heavy (non-hydrogen) atoms. The number of rotatable bonds is 2. The van der Waals surface area contributed by atoms with Gasteiger partial charge >= 0.3 is 0 Å². The zero-order valence-electron chi connectivity index (χ0n) is 7.42. The lowest BCUT2D eigenvalue weighted by Crippen LogP contribution is -1.90. The summed E-state index contributed by atoms with van der Waals surface area (Å²) in [6, 6.07) is 5.16. The molecule has 0 saturated carbocycles. The highest BCUT2D eigenvalue weighted by molar-refractivity contribution is 14.1. The third-order valence-corrected chi connectivity index (χ3v) is 2.73. The minimum absolute atomic E-state index is 0.233. The fourth-order valence-electron chi connectivity index (χ4n) is 1.16. The van der Waals surface area contributed by atoms with Crippen LogP contribution in [0.15, 0.2) is 27.9 Å². The Morgan fingerprint density at radius 1 is 1.54 bits per heavy atom. The Morgan fingerprint density at radius 3 is 2.77 bits per heavy atom. The number of halogens is 1. The van der Waals surface area contributed by atoms with Gasteiger partial charge in [-0.2, -0.15) is 0 Å². The molecule has 0 bridgehead atoms. The largest absolute Gasteiger partial charge is 0.508 e. The number of aromatic hydroxyl groups is 1. The molecule has 1 aromatic carbocycles. The van der Waals surface area contributed by atoms with Crippen LogP contribution in [0.25, 0.3) is 0 Å². The third kappa shape index (κ3) is 3.26. The van der Waals surface area contributed by atoms with Crippen LogP contribution in [0, 0.1) is 0 Å². The lowest BCUT2D eigenvalue weighted by atomic mass is 10.1. The summed E-state index contributed by atoms with van der Waals surface area (Å²) in [5, 5.41) is 9.28. The maximum atomic E-state index is 9.28. The van der Waals surface area contributed by atoms with E-state index < -0.39 is 0 Å². The number of anilines is 1. The summed E-state index contributed by atoms with van der Waals surface area (Å²) in [6.07, 6.45) is 0.835. The van der Waals surface area contributed by atoms with Crippen molar-refractivity contribution in [2.24, 2.45) is 0 Å². The molecule has 0 aliphatic heterocycles. The van der Waals surface area contributed by atoms with Crippen molar-refractivity contribution < 1.29 is 5.11 Å². The molecule has 0 spiro atoms. The fourth-order valence-corrected chi connectivity index (χ4v) is 1.38. The Kier molecular flexibility index (Phi) is 3.59. The summed E-state index contributed by atoms with van der Waals surface area (Å²) in [4.78, 5) is 0. The number of phenolic OH excluding ortho intramolecular Hbond substituents is 1. The van der Waals surface area contributed by atoms with Gasteiger partial charge in [-0.15, -0.1) is 0 Å². The second kappa shape index (κ2) is 4.50. The van der Waals surface area contributed by atoms with E-state index in [0.29, 0.717) is 5.69 Å². The molecule has 3 N–H and O–H groups in total. The van der Waals surface area contributed by atoms with Crippen LogP contribution in [-0.2, 0) is 6.42 Å². The molecule has 0 atom stereocenters. The molecule has 0 heterocycles. The molecule has 0 saturated heterocycles. The predicted octanol–water partition coefficient (Wildman–Crippen LogP) is 2.86. The van der Waals surface area contributed by atoms with Gasteiger partial charge in [-0.25, -0.2) is 0 Å². The highest BCUT2D eigenvalue weighted by atomic mass is 127. The summed E-state index contributed by atoms with van der Waals surface area (Å²) >= 11 is 2.20. The highest BCUT2D eigenvalue weighted by Crippen LogP contribution is 2.19. The molecular weight excluding hydrogens is 277 g/mol. The molecular formula is C10H12INO. The van der Waals surface area contributed by atoms with Gasteiger partial charge in [0, 0.05) is 11.8 Å². The first-order valence-corrected chi connectivity index (χ1v) is 5.20. The van der Waals surface area contributed by atoms with Gasteiger partial charge < -0.3 is 10.8 Å². The smallest absolute Gasteiger partial charge is 0.117 e. The Balaban J connectivity index is 2.89. The summed E-state index contributed by atoms with van der Waals surface area (Å²) in [5.41, 5.74) is 8.50. The number of phenols is 1. The minimum atomic E-state index is 0.233. The van der Waals surface area contributed by atoms with Crippen LogP contribution >= 0.6 is 22.6 Å². The van der Waals surface area contributed by atoms with Crippen LogP contribution in [0.5, 0.6) is 5.75 Å². The van der Waals surface area contributed by atoms with E-state index >= 15 is 0 Å². The van der Waals surface area contributed by atoms with Gasteiger partial charge in [0.25, 0.3) is 0 Å². The number of benzene rings is 1. The van der Waals surface area contributed by atoms with Crippen LogP contribution in [0.4, 0.5) is 5.69 Å². The number of nitrogens with two attached hydrogens (primary N) is 1. The van der Waals surface area contributed by atoms with Gasteiger partial charge in [-0.1, -0.05) is 28.2 Å². The normalized spacial score (nSPS) is 11.7. The summed E-state index contributed by atoms with van der Waals surface area (Å²) < 4.78 is 2.03. The second-order valence-electron chi connectivity index (χ2n) is 3.07. The molecule has 2 nitrogen and oxygen atoms in total.